The van der Waals surface area contributed by atoms with Gasteiger partial charge in [-0.1, -0.05) is 12.1 Å². The molecule has 0 spiro atoms. The Morgan fingerprint density at radius 1 is 1.44 bits per heavy atom. The van der Waals surface area contributed by atoms with Crippen molar-refractivity contribution in [1.29, 1.82) is 0 Å². The van der Waals surface area contributed by atoms with Crippen molar-refractivity contribution in [3.05, 3.63) is 36.9 Å². The van der Waals surface area contributed by atoms with E-state index in [1.54, 1.807) is 6.20 Å². The zero-order chi connectivity index (χ0) is 12.8. The molecule has 0 unspecified atom stereocenters. The van der Waals surface area contributed by atoms with Crippen molar-refractivity contribution in [3.63, 3.8) is 0 Å². The van der Waals surface area contributed by atoms with Crippen LogP contribution in [0.2, 0.25) is 0 Å². The van der Waals surface area contributed by atoms with Crippen LogP contribution >= 0.6 is 0 Å². The predicted octanol–water partition coefficient (Wildman–Crippen LogP) is 1.89. The highest BCUT2D eigenvalue weighted by atomic mass is 16.3. The van der Waals surface area contributed by atoms with E-state index in [2.05, 4.69) is 15.6 Å². The van der Waals surface area contributed by atoms with E-state index in [4.69, 9.17) is 4.42 Å². The minimum atomic E-state index is -0.0148. The Hall–Kier alpha value is -2.14. The number of hydrogen-bond acceptors (Lipinski definition) is 4. The lowest BCUT2D eigenvalue weighted by atomic mass is 10.1. The van der Waals surface area contributed by atoms with Gasteiger partial charge in [0.15, 0.2) is 12.2 Å². The minimum Gasteiger partial charge on any atom is -0.444 e. The highest BCUT2D eigenvalue weighted by Gasteiger charge is 2.05. The van der Waals surface area contributed by atoms with Crippen molar-refractivity contribution in [2.45, 2.75) is 6.42 Å². The van der Waals surface area contributed by atoms with Crippen LogP contribution in [0, 0.1) is 0 Å². The highest BCUT2D eigenvalue weighted by Crippen LogP contribution is 2.21. The molecule has 0 aliphatic heterocycles. The predicted molar refractivity (Wildman–Crippen MR) is 69.1 cm³/mol. The molecular weight excluding hydrogens is 230 g/mol. The number of oxazole rings is 1. The molecule has 0 fully saturated rings. The third kappa shape index (κ3) is 3.18. The summed E-state index contributed by atoms with van der Waals surface area (Å²) in [6.07, 6.45) is 3.47. The molecule has 0 bridgehead atoms. The molecule has 5 nitrogen and oxygen atoms in total. The van der Waals surface area contributed by atoms with Gasteiger partial charge in [0.25, 0.3) is 0 Å². The fourth-order valence-electron chi connectivity index (χ4n) is 1.57. The summed E-state index contributed by atoms with van der Waals surface area (Å²) in [4.78, 5) is 15.4. The third-order valence-corrected chi connectivity index (χ3v) is 2.47. The van der Waals surface area contributed by atoms with Crippen molar-refractivity contribution >= 4 is 11.6 Å². The number of carbonyl (C=O) groups excluding carboxylic acids is 1. The molecule has 94 valence electrons. The van der Waals surface area contributed by atoms with Crippen molar-refractivity contribution in [3.8, 4) is 11.3 Å². The summed E-state index contributed by atoms with van der Waals surface area (Å²) < 4.78 is 5.21. The Bertz CT molecular complexity index is 509. The van der Waals surface area contributed by atoms with Gasteiger partial charge in [0.1, 0.15) is 0 Å². The van der Waals surface area contributed by atoms with E-state index < -0.39 is 0 Å². The monoisotopic (exact) mass is 245 g/mol. The van der Waals surface area contributed by atoms with Gasteiger partial charge in [0.2, 0.25) is 5.91 Å². The van der Waals surface area contributed by atoms with Crippen LogP contribution in [0.1, 0.15) is 6.42 Å². The molecule has 2 aromatic rings. The fourth-order valence-corrected chi connectivity index (χ4v) is 1.57. The Labute approximate surface area is 105 Å². The normalized spacial score (nSPS) is 10.3. The van der Waals surface area contributed by atoms with E-state index in [0.717, 1.165) is 11.3 Å². The molecule has 2 rings (SSSR count). The second-order valence-corrected chi connectivity index (χ2v) is 3.85. The Morgan fingerprint density at radius 2 is 2.33 bits per heavy atom. The van der Waals surface area contributed by atoms with Crippen LogP contribution in [0.4, 0.5) is 5.69 Å². The van der Waals surface area contributed by atoms with Gasteiger partial charge in [-0.25, -0.2) is 4.98 Å². The molecule has 1 aromatic carbocycles. The molecule has 1 amide bonds. The molecule has 0 aliphatic rings. The van der Waals surface area contributed by atoms with E-state index in [1.807, 2.05) is 31.3 Å². The van der Waals surface area contributed by atoms with Gasteiger partial charge >= 0.3 is 0 Å². The Kier molecular flexibility index (Phi) is 4.09. The molecule has 0 saturated carbocycles. The maximum atomic E-state index is 11.6. The second kappa shape index (κ2) is 5.97. The smallest absolute Gasteiger partial charge is 0.225 e. The van der Waals surface area contributed by atoms with E-state index in [-0.39, 0.29) is 5.91 Å². The number of rotatable bonds is 5. The van der Waals surface area contributed by atoms with Crippen molar-refractivity contribution in [1.82, 2.24) is 10.3 Å². The van der Waals surface area contributed by atoms with Crippen molar-refractivity contribution in [2.75, 3.05) is 18.9 Å². The summed E-state index contributed by atoms with van der Waals surface area (Å²) in [5.74, 6) is 0.667. The number of carbonyl (C=O) groups is 1. The first-order valence-electron chi connectivity index (χ1n) is 5.73. The average molecular weight is 245 g/mol. The number of anilines is 1. The lowest BCUT2D eigenvalue weighted by Crippen LogP contribution is -2.18. The number of nitrogens with zero attached hydrogens (tertiary/aromatic N) is 1. The number of nitrogens with one attached hydrogen (secondary N) is 2. The van der Waals surface area contributed by atoms with E-state index in [1.165, 1.54) is 6.39 Å². The second-order valence-electron chi connectivity index (χ2n) is 3.85. The SMILES string of the molecule is CNCCC(=O)Nc1cccc(-c2cnco2)c1. The van der Waals surface area contributed by atoms with Gasteiger partial charge in [-0.05, 0) is 19.2 Å². The summed E-state index contributed by atoms with van der Waals surface area (Å²) in [5, 5.41) is 5.77. The zero-order valence-corrected chi connectivity index (χ0v) is 10.1. The molecule has 0 aliphatic carbocycles. The van der Waals surface area contributed by atoms with Gasteiger partial charge < -0.3 is 15.1 Å². The van der Waals surface area contributed by atoms with E-state index in [9.17, 15) is 4.79 Å². The molecule has 0 radical (unpaired) electrons. The summed E-state index contributed by atoms with van der Waals surface area (Å²) in [6.45, 7) is 0.660. The third-order valence-electron chi connectivity index (χ3n) is 2.47. The molecule has 5 heteroatoms. The molecular formula is C13H15N3O2. The van der Waals surface area contributed by atoms with E-state index in [0.29, 0.717) is 18.7 Å². The van der Waals surface area contributed by atoms with Crippen LogP contribution in [0.15, 0.2) is 41.3 Å². The van der Waals surface area contributed by atoms with Crippen LogP contribution < -0.4 is 10.6 Å². The molecule has 1 aromatic heterocycles. The first-order valence-corrected chi connectivity index (χ1v) is 5.73. The summed E-state index contributed by atoms with van der Waals surface area (Å²) in [6, 6.07) is 7.48. The first kappa shape index (κ1) is 12.3. The summed E-state index contributed by atoms with van der Waals surface area (Å²) >= 11 is 0. The highest BCUT2D eigenvalue weighted by molar-refractivity contribution is 5.91. The van der Waals surface area contributed by atoms with Gasteiger partial charge in [-0.3, -0.25) is 4.79 Å². The number of aromatic nitrogens is 1. The molecule has 0 saturated heterocycles. The maximum absolute atomic E-state index is 11.6. The van der Waals surface area contributed by atoms with Gasteiger partial charge in [0.05, 0.1) is 6.20 Å². The molecule has 18 heavy (non-hydrogen) atoms. The summed E-state index contributed by atoms with van der Waals surface area (Å²) in [7, 11) is 1.82. The minimum absolute atomic E-state index is 0.0148. The van der Waals surface area contributed by atoms with E-state index >= 15 is 0 Å². The van der Waals surface area contributed by atoms with Gasteiger partial charge in [0, 0.05) is 24.2 Å². The van der Waals surface area contributed by atoms with Crippen LogP contribution in [-0.2, 0) is 4.79 Å². The van der Waals surface area contributed by atoms with Crippen molar-refractivity contribution in [2.24, 2.45) is 0 Å². The maximum Gasteiger partial charge on any atom is 0.225 e. The fraction of sp³-hybridized carbons (Fsp3) is 0.231. The largest absolute Gasteiger partial charge is 0.444 e. The lowest BCUT2D eigenvalue weighted by Gasteiger charge is -2.06. The van der Waals surface area contributed by atoms with Crippen LogP contribution in [-0.4, -0.2) is 24.5 Å². The van der Waals surface area contributed by atoms with Crippen molar-refractivity contribution < 1.29 is 9.21 Å². The molecule has 2 N–H and O–H groups in total. The van der Waals surface area contributed by atoms with Crippen LogP contribution in [0.25, 0.3) is 11.3 Å². The number of hydrogen-bond donors (Lipinski definition) is 2. The van der Waals surface area contributed by atoms with Gasteiger partial charge in [-0.15, -0.1) is 0 Å². The van der Waals surface area contributed by atoms with Crippen LogP contribution in [0.5, 0.6) is 0 Å². The summed E-state index contributed by atoms with van der Waals surface area (Å²) in [5.41, 5.74) is 1.64. The standard InChI is InChI=1S/C13H15N3O2/c1-14-6-5-13(17)16-11-4-2-3-10(7-11)12-8-15-9-18-12/h2-4,7-9,14H,5-6H2,1H3,(H,16,17). The Balaban J connectivity index is 2.06. The average Bonchev–Trinajstić information content (AvgIpc) is 2.90. The number of benzene rings is 1. The molecule has 0 atom stereocenters. The van der Waals surface area contributed by atoms with Gasteiger partial charge in [-0.2, -0.15) is 0 Å². The topological polar surface area (TPSA) is 67.2 Å². The Morgan fingerprint density at radius 3 is 3.06 bits per heavy atom. The number of amides is 1. The first-order chi connectivity index (χ1) is 8.79. The molecule has 1 heterocycles. The zero-order valence-electron chi connectivity index (χ0n) is 10.1. The van der Waals surface area contributed by atoms with Crippen LogP contribution in [0.3, 0.4) is 0 Å². The quantitative estimate of drug-likeness (QED) is 0.844. The lowest BCUT2D eigenvalue weighted by molar-refractivity contribution is -0.116.